The van der Waals surface area contributed by atoms with Gasteiger partial charge in [-0.25, -0.2) is 14.8 Å². The number of carbonyl (C=O) groups excluding carboxylic acids is 1. The molecule has 0 saturated carbocycles. The monoisotopic (exact) mass is 450 g/mol. The van der Waals surface area contributed by atoms with Gasteiger partial charge in [-0.1, -0.05) is 0 Å². The average Bonchev–Trinajstić information content (AvgIpc) is 3.38. The molecule has 2 fully saturated rings. The third-order valence-electron chi connectivity index (χ3n) is 6.66. The third-order valence-corrected chi connectivity index (χ3v) is 6.66. The molecule has 8 nitrogen and oxygen atoms in total. The predicted octanol–water partition coefficient (Wildman–Crippen LogP) is 3.68. The van der Waals surface area contributed by atoms with Crippen molar-refractivity contribution in [1.29, 1.82) is 0 Å². The Hall–Kier alpha value is -2.97. The zero-order valence-corrected chi connectivity index (χ0v) is 19.4. The van der Waals surface area contributed by atoms with Gasteiger partial charge in [0, 0.05) is 23.8 Å². The lowest BCUT2D eigenvalue weighted by Crippen LogP contribution is -2.33. The Kier molecular flexibility index (Phi) is 6.03. The molecule has 3 atom stereocenters. The molecule has 0 amide bonds. The second-order valence-electron chi connectivity index (χ2n) is 8.90. The lowest BCUT2D eigenvalue weighted by atomic mass is 10.2. The summed E-state index contributed by atoms with van der Waals surface area (Å²) in [6.45, 7) is 6.86. The number of hydrogen-bond donors (Lipinski definition) is 0. The number of nitrogens with zero attached hydrogens (tertiary/aromatic N) is 4. The van der Waals surface area contributed by atoms with Gasteiger partial charge in [-0.3, -0.25) is 0 Å². The molecule has 5 rings (SSSR count). The maximum atomic E-state index is 12.0. The molecule has 0 unspecified atom stereocenters. The highest BCUT2D eigenvalue weighted by atomic mass is 16.6. The Balaban J connectivity index is 1.53. The summed E-state index contributed by atoms with van der Waals surface area (Å²) in [5, 5.41) is 0. The molecule has 2 aromatic heterocycles. The van der Waals surface area contributed by atoms with Crippen LogP contribution in [-0.2, 0) is 20.8 Å². The fourth-order valence-corrected chi connectivity index (χ4v) is 4.94. The van der Waals surface area contributed by atoms with E-state index in [9.17, 15) is 4.79 Å². The first kappa shape index (κ1) is 21.9. The normalized spacial score (nSPS) is 23.2. The van der Waals surface area contributed by atoms with Crippen LogP contribution in [0.2, 0.25) is 0 Å². The molecule has 0 radical (unpaired) electrons. The highest BCUT2D eigenvalue weighted by Gasteiger charge is 2.28. The van der Waals surface area contributed by atoms with Gasteiger partial charge in [0.25, 0.3) is 0 Å². The molecule has 8 heteroatoms. The van der Waals surface area contributed by atoms with Gasteiger partial charge in [-0.2, -0.15) is 0 Å². The second-order valence-corrected chi connectivity index (χ2v) is 8.90. The van der Waals surface area contributed by atoms with Gasteiger partial charge >= 0.3 is 5.97 Å². The summed E-state index contributed by atoms with van der Waals surface area (Å²) < 4.78 is 18.5. The Morgan fingerprint density at radius 3 is 2.64 bits per heavy atom. The summed E-state index contributed by atoms with van der Waals surface area (Å²) in [5.41, 5.74) is 3.06. The first-order valence-corrected chi connectivity index (χ1v) is 11.6. The molecule has 1 aromatic carbocycles. The smallest absolute Gasteiger partial charge is 0.337 e. The van der Waals surface area contributed by atoms with E-state index in [1.807, 2.05) is 12.3 Å². The highest BCUT2D eigenvalue weighted by Crippen LogP contribution is 2.31. The van der Waals surface area contributed by atoms with Crippen molar-refractivity contribution >= 4 is 22.8 Å². The van der Waals surface area contributed by atoms with Crippen LogP contribution in [0.1, 0.15) is 37.0 Å². The predicted molar refractivity (Wildman–Crippen MR) is 125 cm³/mol. The zero-order valence-electron chi connectivity index (χ0n) is 19.4. The topological polar surface area (TPSA) is 78.7 Å². The molecule has 2 aliphatic heterocycles. The van der Waals surface area contributed by atoms with Crippen LogP contribution in [0.15, 0.2) is 36.5 Å². The quantitative estimate of drug-likeness (QED) is 0.549. The summed E-state index contributed by atoms with van der Waals surface area (Å²) >= 11 is 0. The van der Waals surface area contributed by atoms with Crippen LogP contribution >= 0.6 is 0 Å². The average molecular weight is 451 g/mol. The van der Waals surface area contributed by atoms with Gasteiger partial charge in [0.2, 0.25) is 0 Å². The molecule has 33 heavy (non-hydrogen) atoms. The Morgan fingerprint density at radius 2 is 1.97 bits per heavy atom. The first-order chi connectivity index (χ1) is 16.0. The number of hydrogen-bond acceptors (Lipinski definition) is 7. The highest BCUT2D eigenvalue weighted by molar-refractivity contribution is 5.94. The van der Waals surface area contributed by atoms with E-state index in [4.69, 9.17) is 24.2 Å². The van der Waals surface area contributed by atoms with Crippen molar-refractivity contribution in [2.45, 2.75) is 51.4 Å². The number of aromatic nitrogens is 3. The van der Waals surface area contributed by atoms with E-state index < -0.39 is 0 Å². The fourth-order valence-electron chi connectivity index (χ4n) is 4.94. The number of pyridine rings is 1. The van der Waals surface area contributed by atoms with Crippen LogP contribution < -0.4 is 4.90 Å². The number of rotatable bonds is 5. The van der Waals surface area contributed by atoms with Gasteiger partial charge in [-0.15, -0.1) is 0 Å². The summed E-state index contributed by atoms with van der Waals surface area (Å²) in [5.74, 6) is 1.41. The fraction of sp³-hybridized carbons (Fsp3) is 0.480. The van der Waals surface area contributed by atoms with Crippen molar-refractivity contribution in [2.24, 2.45) is 0 Å². The van der Waals surface area contributed by atoms with Crippen molar-refractivity contribution in [3.05, 3.63) is 42.1 Å². The number of esters is 1. The standard InChI is InChI=1S/C25H30N4O4/c1-16-4-5-17(2)29(16)23-9-7-19(13-26-23)24-27-21-12-18(25(30)31-3)6-8-22(21)28(24)14-20-15-32-10-11-33-20/h6-9,12-13,16-17,20H,4-5,10-11,14-15H2,1-3H3/t16-,17-,20+/m0/s1. The number of benzene rings is 1. The largest absolute Gasteiger partial charge is 0.465 e. The van der Waals surface area contributed by atoms with Crippen molar-refractivity contribution in [1.82, 2.24) is 14.5 Å². The van der Waals surface area contributed by atoms with Gasteiger partial charge < -0.3 is 23.7 Å². The molecule has 0 spiro atoms. The SMILES string of the molecule is COC(=O)c1ccc2c(c1)nc(-c1ccc(N3[C@@H](C)CC[C@@H]3C)nc1)n2C[C@@H]1COCCO1. The van der Waals surface area contributed by atoms with Gasteiger partial charge in [-0.05, 0) is 57.0 Å². The molecule has 0 aliphatic carbocycles. The number of imidazole rings is 1. The van der Waals surface area contributed by atoms with Crippen molar-refractivity contribution < 1.29 is 19.0 Å². The lowest BCUT2D eigenvalue weighted by molar-refractivity contribution is -0.0931. The van der Waals surface area contributed by atoms with Crippen LogP contribution in [0, 0.1) is 0 Å². The number of anilines is 1. The Morgan fingerprint density at radius 1 is 1.15 bits per heavy atom. The summed E-state index contributed by atoms with van der Waals surface area (Å²) in [7, 11) is 1.38. The van der Waals surface area contributed by atoms with Crippen LogP contribution in [0.3, 0.4) is 0 Å². The molecule has 174 valence electrons. The third kappa shape index (κ3) is 4.20. The molecular formula is C25H30N4O4. The van der Waals surface area contributed by atoms with Crippen molar-refractivity contribution in [3.8, 4) is 11.4 Å². The van der Waals surface area contributed by atoms with E-state index in [1.54, 1.807) is 12.1 Å². The van der Waals surface area contributed by atoms with Crippen molar-refractivity contribution in [3.63, 3.8) is 0 Å². The second kappa shape index (κ2) is 9.11. The maximum absolute atomic E-state index is 12.0. The number of methoxy groups -OCH3 is 1. The number of fused-ring (bicyclic) bond motifs is 1. The van der Waals surface area contributed by atoms with E-state index in [2.05, 4.69) is 35.4 Å². The maximum Gasteiger partial charge on any atom is 0.337 e. The zero-order chi connectivity index (χ0) is 22.9. The molecule has 3 aromatic rings. The Labute approximate surface area is 193 Å². The van der Waals surface area contributed by atoms with Gasteiger partial charge in [0.1, 0.15) is 11.6 Å². The number of ether oxygens (including phenoxy) is 3. The van der Waals surface area contributed by atoms with Crippen molar-refractivity contribution in [2.75, 3.05) is 31.8 Å². The minimum Gasteiger partial charge on any atom is -0.465 e. The van der Waals surface area contributed by atoms with E-state index >= 15 is 0 Å². The van der Waals surface area contributed by atoms with Crippen LogP contribution in [-0.4, -0.2) is 65.6 Å². The summed E-state index contributed by atoms with van der Waals surface area (Å²) in [4.78, 5) is 24.1. The van der Waals surface area contributed by atoms with Crippen LogP contribution in [0.4, 0.5) is 5.82 Å². The lowest BCUT2D eigenvalue weighted by Gasteiger charge is -2.27. The summed E-state index contributed by atoms with van der Waals surface area (Å²) in [6, 6.07) is 10.6. The van der Waals surface area contributed by atoms with Gasteiger partial charge in [0.05, 0.1) is 56.2 Å². The van der Waals surface area contributed by atoms with Crippen LogP contribution in [0.25, 0.3) is 22.4 Å². The van der Waals surface area contributed by atoms with Gasteiger partial charge in [0.15, 0.2) is 0 Å². The minimum atomic E-state index is -0.378. The van der Waals surface area contributed by atoms with E-state index in [0.29, 0.717) is 44.0 Å². The van der Waals surface area contributed by atoms with Crippen LogP contribution in [0.5, 0.6) is 0 Å². The molecule has 2 aliphatic rings. The Bertz CT molecular complexity index is 1130. The molecular weight excluding hydrogens is 420 g/mol. The van der Waals surface area contributed by atoms with E-state index in [1.165, 1.54) is 20.0 Å². The summed E-state index contributed by atoms with van der Waals surface area (Å²) in [6.07, 6.45) is 4.21. The molecule has 4 heterocycles. The molecule has 0 bridgehead atoms. The van der Waals surface area contributed by atoms with E-state index in [-0.39, 0.29) is 12.1 Å². The van der Waals surface area contributed by atoms with E-state index in [0.717, 1.165) is 28.2 Å². The molecule has 0 N–H and O–H groups in total. The minimum absolute atomic E-state index is 0.0614. The number of carbonyl (C=O) groups is 1. The molecule has 2 saturated heterocycles. The first-order valence-electron chi connectivity index (χ1n) is 11.6.